The van der Waals surface area contributed by atoms with E-state index in [1.165, 1.54) is 0 Å². The van der Waals surface area contributed by atoms with E-state index in [1.807, 2.05) is 18.2 Å². The van der Waals surface area contributed by atoms with Gasteiger partial charge in [-0.05, 0) is 32.0 Å². The first-order chi connectivity index (χ1) is 6.27. The zero-order valence-corrected chi connectivity index (χ0v) is 8.22. The van der Waals surface area contributed by atoms with Crippen LogP contribution in [0.3, 0.4) is 0 Å². The van der Waals surface area contributed by atoms with E-state index in [-0.39, 0.29) is 0 Å². The van der Waals surface area contributed by atoms with Crippen LogP contribution < -0.4 is 16.4 Å². The van der Waals surface area contributed by atoms with Crippen molar-refractivity contribution in [1.82, 2.24) is 0 Å². The summed E-state index contributed by atoms with van der Waals surface area (Å²) in [5.74, 6) is 0. The summed E-state index contributed by atoms with van der Waals surface area (Å²) in [7, 11) is 0. The Morgan fingerprint density at radius 2 is 1.85 bits per heavy atom. The fourth-order valence-corrected chi connectivity index (χ4v) is 1.23. The molecule has 0 aliphatic rings. The van der Waals surface area contributed by atoms with Crippen LogP contribution in [0.4, 0.5) is 17.1 Å². The largest absolute Gasteiger partial charge is 0.397 e. The summed E-state index contributed by atoms with van der Waals surface area (Å²) in [5, 5.41) is 6.40. The first-order valence-electron chi connectivity index (χ1n) is 4.65. The van der Waals surface area contributed by atoms with Gasteiger partial charge in [0.1, 0.15) is 0 Å². The summed E-state index contributed by atoms with van der Waals surface area (Å²) >= 11 is 0. The van der Waals surface area contributed by atoms with E-state index in [0.717, 1.165) is 30.2 Å². The minimum Gasteiger partial charge on any atom is -0.397 e. The van der Waals surface area contributed by atoms with Crippen LogP contribution >= 0.6 is 0 Å². The van der Waals surface area contributed by atoms with Crippen molar-refractivity contribution in [3.63, 3.8) is 0 Å². The number of hydrogen-bond donors (Lipinski definition) is 3. The van der Waals surface area contributed by atoms with Gasteiger partial charge in [0.15, 0.2) is 0 Å². The summed E-state index contributed by atoms with van der Waals surface area (Å²) in [6.07, 6.45) is 0. The molecule has 1 aromatic carbocycles. The number of anilines is 3. The normalized spacial score (nSPS) is 9.69. The summed E-state index contributed by atoms with van der Waals surface area (Å²) in [6.45, 7) is 5.93. The van der Waals surface area contributed by atoms with Gasteiger partial charge >= 0.3 is 0 Å². The van der Waals surface area contributed by atoms with Gasteiger partial charge in [-0.1, -0.05) is 0 Å². The van der Waals surface area contributed by atoms with Crippen molar-refractivity contribution in [2.45, 2.75) is 13.8 Å². The van der Waals surface area contributed by atoms with Crippen molar-refractivity contribution < 1.29 is 0 Å². The second kappa shape index (κ2) is 4.60. The minimum atomic E-state index is 0.792. The summed E-state index contributed by atoms with van der Waals surface area (Å²) in [6, 6.07) is 5.97. The van der Waals surface area contributed by atoms with Crippen molar-refractivity contribution in [3.8, 4) is 0 Å². The van der Waals surface area contributed by atoms with Gasteiger partial charge in [0.2, 0.25) is 0 Å². The molecule has 0 unspecified atom stereocenters. The van der Waals surface area contributed by atoms with Gasteiger partial charge < -0.3 is 16.4 Å². The molecule has 0 atom stereocenters. The molecule has 0 aliphatic carbocycles. The Morgan fingerprint density at radius 3 is 2.38 bits per heavy atom. The highest BCUT2D eigenvalue weighted by Crippen LogP contribution is 2.22. The molecule has 0 heterocycles. The van der Waals surface area contributed by atoms with E-state index in [1.54, 1.807) is 0 Å². The molecule has 13 heavy (non-hydrogen) atoms. The van der Waals surface area contributed by atoms with Crippen LogP contribution in [-0.4, -0.2) is 13.1 Å². The first kappa shape index (κ1) is 9.71. The van der Waals surface area contributed by atoms with E-state index in [2.05, 4.69) is 24.5 Å². The SMILES string of the molecule is CCNc1ccc(NCC)c(N)c1. The molecule has 0 saturated heterocycles. The molecular weight excluding hydrogens is 162 g/mol. The standard InChI is InChI=1S/C10H17N3/c1-3-12-8-5-6-10(13-4-2)9(11)7-8/h5-7,12-13H,3-4,11H2,1-2H3. The third kappa shape index (κ3) is 2.54. The summed E-state index contributed by atoms with van der Waals surface area (Å²) in [5.41, 5.74) is 8.70. The summed E-state index contributed by atoms with van der Waals surface area (Å²) in [4.78, 5) is 0. The highest BCUT2D eigenvalue weighted by atomic mass is 14.9. The van der Waals surface area contributed by atoms with E-state index < -0.39 is 0 Å². The average Bonchev–Trinajstić information content (AvgIpc) is 2.10. The van der Waals surface area contributed by atoms with Crippen LogP contribution in [0.5, 0.6) is 0 Å². The van der Waals surface area contributed by atoms with Crippen LogP contribution in [0.1, 0.15) is 13.8 Å². The molecule has 0 bridgehead atoms. The Kier molecular flexibility index (Phi) is 3.43. The Morgan fingerprint density at radius 1 is 1.15 bits per heavy atom. The van der Waals surface area contributed by atoms with E-state index in [0.29, 0.717) is 0 Å². The molecular formula is C10H17N3. The Hall–Kier alpha value is -1.38. The quantitative estimate of drug-likeness (QED) is 0.621. The Bertz CT molecular complexity index is 271. The molecule has 0 aromatic heterocycles. The number of hydrogen-bond acceptors (Lipinski definition) is 3. The smallest absolute Gasteiger partial charge is 0.0575 e. The monoisotopic (exact) mass is 179 g/mol. The van der Waals surface area contributed by atoms with E-state index in [4.69, 9.17) is 5.73 Å². The second-order valence-electron chi connectivity index (χ2n) is 2.86. The number of rotatable bonds is 4. The third-order valence-electron chi connectivity index (χ3n) is 1.80. The van der Waals surface area contributed by atoms with Gasteiger partial charge in [-0.2, -0.15) is 0 Å². The van der Waals surface area contributed by atoms with E-state index >= 15 is 0 Å². The Balaban J connectivity index is 2.79. The lowest BCUT2D eigenvalue weighted by molar-refractivity contribution is 1.20. The number of nitrogens with two attached hydrogens (primary N) is 1. The maximum atomic E-state index is 5.84. The van der Waals surface area contributed by atoms with Gasteiger partial charge in [0.25, 0.3) is 0 Å². The topological polar surface area (TPSA) is 50.1 Å². The number of nitrogen functional groups attached to an aromatic ring is 1. The van der Waals surface area contributed by atoms with Gasteiger partial charge in [-0.3, -0.25) is 0 Å². The predicted octanol–water partition coefficient (Wildman–Crippen LogP) is 2.13. The van der Waals surface area contributed by atoms with Crippen molar-refractivity contribution in [2.75, 3.05) is 29.5 Å². The second-order valence-corrected chi connectivity index (χ2v) is 2.86. The maximum absolute atomic E-state index is 5.84. The molecule has 1 aromatic rings. The minimum absolute atomic E-state index is 0.792. The molecule has 1 rings (SSSR count). The van der Waals surface area contributed by atoms with Gasteiger partial charge in [0, 0.05) is 18.8 Å². The highest BCUT2D eigenvalue weighted by molar-refractivity contribution is 5.71. The molecule has 0 fully saturated rings. The lowest BCUT2D eigenvalue weighted by Gasteiger charge is -2.09. The average molecular weight is 179 g/mol. The Labute approximate surface area is 79.3 Å². The van der Waals surface area contributed by atoms with Gasteiger partial charge in [-0.15, -0.1) is 0 Å². The number of nitrogens with one attached hydrogen (secondary N) is 2. The lowest BCUT2D eigenvalue weighted by atomic mass is 10.2. The molecule has 3 heteroatoms. The molecule has 0 aliphatic heterocycles. The highest BCUT2D eigenvalue weighted by Gasteiger charge is 1.97. The van der Waals surface area contributed by atoms with Crippen LogP contribution in [-0.2, 0) is 0 Å². The lowest BCUT2D eigenvalue weighted by Crippen LogP contribution is -2.02. The molecule has 0 spiro atoms. The molecule has 0 radical (unpaired) electrons. The fourth-order valence-electron chi connectivity index (χ4n) is 1.23. The molecule has 0 saturated carbocycles. The maximum Gasteiger partial charge on any atom is 0.0575 e. The fraction of sp³-hybridized carbons (Fsp3) is 0.400. The molecule has 3 nitrogen and oxygen atoms in total. The summed E-state index contributed by atoms with van der Waals surface area (Å²) < 4.78 is 0. The van der Waals surface area contributed by atoms with Crippen molar-refractivity contribution in [2.24, 2.45) is 0 Å². The zero-order chi connectivity index (χ0) is 9.68. The molecule has 4 N–H and O–H groups in total. The third-order valence-corrected chi connectivity index (χ3v) is 1.80. The van der Waals surface area contributed by atoms with Crippen molar-refractivity contribution >= 4 is 17.1 Å². The van der Waals surface area contributed by atoms with Crippen LogP contribution in [0, 0.1) is 0 Å². The number of benzene rings is 1. The van der Waals surface area contributed by atoms with Crippen molar-refractivity contribution in [1.29, 1.82) is 0 Å². The first-order valence-corrected chi connectivity index (χ1v) is 4.65. The zero-order valence-electron chi connectivity index (χ0n) is 8.22. The van der Waals surface area contributed by atoms with Crippen molar-refractivity contribution in [3.05, 3.63) is 18.2 Å². The predicted molar refractivity (Wildman–Crippen MR) is 59.2 cm³/mol. The van der Waals surface area contributed by atoms with Gasteiger partial charge in [-0.25, -0.2) is 0 Å². The van der Waals surface area contributed by atoms with Crippen LogP contribution in [0.15, 0.2) is 18.2 Å². The van der Waals surface area contributed by atoms with E-state index in [9.17, 15) is 0 Å². The van der Waals surface area contributed by atoms with Crippen LogP contribution in [0.25, 0.3) is 0 Å². The van der Waals surface area contributed by atoms with Crippen LogP contribution in [0.2, 0.25) is 0 Å². The molecule has 0 amide bonds. The van der Waals surface area contributed by atoms with Gasteiger partial charge in [0.05, 0.1) is 11.4 Å². The molecule has 72 valence electrons.